The smallest absolute Gasteiger partial charge is 0.0931 e. The van der Waals surface area contributed by atoms with E-state index in [0.29, 0.717) is 0 Å². The molecule has 1 aromatic carbocycles. The summed E-state index contributed by atoms with van der Waals surface area (Å²) < 4.78 is 0. The molecule has 0 radical (unpaired) electrons. The molecule has 0 saturated carbocycles. The van der Waals surface area contributed by atoms with E-state index >= 15 is 0 Å². The van der Waals surface area contributed by atoms with Crippen molar-refractivity contribution in [2.24, 2.45) is 0 Å². The second-order valence-corrected chi connectivity index (χ2v) is 3.02. The molecule has 1 aromatic heterocycles. The highest BCUT2D eigenvalue weighted by Gasteiger charge is 2.01. The number of fused-ring (bicyclic) bond motifs is 1. The van der Waals surface area contributed by atoms with Crippen molar-refractivity contribution in [1.29, 1.82) is 0 Å². The minimum atomic E-state index is 0.914. The Hall–Kier alpha value is -1.16. The molecule has 2 N–H and O–H groups in total. The van der Waals surface area contributed by atoms with Gasteiger partial charge in [-0.15, -0.1) is 12.6 Å². The van der Waals surface area contributed by atoms with Crippen LogP contribution in [0.25, 0.3) is 11.0 Å². The molecule has 3 nitrogen and oxygen atoms in total. The Bertz CT molecular complexity index is 408. The van der Waals surface area contributed by atoms with Crippen LogP contribution in [0.4, 0.5) is 5.69 Å². The first-order valence-corrected chi connectivity index (χ1v) is 4.10. The number of nitrogens with zero attached hydrogens (tertiary/aromatic N) is 1. The van der Waals surface area contributed by atoms with Crippen LogP contribution < -0.4 is 5.32 Å². The molecule has 0 aliphatic rings. The van der Waals surface area contributed by atoms with Crippen LogP contribution >= 0.6 is 12.6 Å². The largest absolute Gasteiger partial charge is 0.387 e. The Labute approximate surface area is 75.6 Å². The van der Waals surface area contributed by atoms with Crippen molar-refractivity contribution in [3.8, 4) is 0 Å². The van der Waals surface area contributed by atoms with E-state index in [-0.39, 0.29) is 0 Å². The first-order chi connectivity index (χ1) is 5.81. The van der Waals surface area contributed by atoms with Crippen LogP contribution in [0.15, 0.2) is 23.4 Å². The van der Waals surface area contributed by atoms with Gasteiger partial charge in [0.15, 0.2) is 0 Å². The SMILES string of the molecule is CNc1cc2[nH]cnc2cc1S. The molecule has 12 heavy (non-hydrogen) atoms. The van der Waals surface area contributed by atoms with E-state index in [2.05, 4.69) is 27.9 Å². The highest BCUT2D eigenvalue weighted by molar-refractivity contribution is 7.80. The molecule has 62 valence electrons. The number of hydrogen-bond donors (Lipinski definition) is 3. The van der Waals surface area contributed by atoms with Crippen molar-refractivity contribution >= 4 is 29.3 Å². The zero-order valence-electron chi connectivity index (χ0n) is 6.63. The molecule has 2 rings (SSSR count). The summed E-state index contributed by atoms with van der Waals surface area (Å²) in [5.41, 5.74) is 2.98. The summed E-state index contributed by atoms with van der Waals surface area (Å²) in [4.78, 5) is 8.07. The Morgan fingerprint density at radius 1 is 1.50 bits per heavy atom. The number of rotatable bonds is 1. The lowest BCUT2D eigenvalue weighted by molar-refractivity contribution is 1.34. The molecule has 0 unspecified atom stereocenters. The highest BCUT2D eigenvalue weighted by atomic mass is 32.1. The topological polar surface area (TPSA) is 40.7 Å². The van der Waals surface area contributed by atoms with Gasteiger partial charge in [-0.3, -0.25) is 0 Å². The minimum Gasteiger partial charge on any atom is -0.387 e. The molecule has 0 amide bonds. The van der Waals surface area contributed by atoms with Crippen LogP contribution in [-0.2, 0) is 0 Å². The maximum absolute atomic E-state index is 4.31. The van der Waals surface area contributed by atoms with Crippen molar-refractivity contribution in [2.45, 2.75) is 4.90 Å². The Morgan fingerprint density at radius 2 is 2.33 bits per heavy atom. The lowest BCUT2D eigenvalue weighted by Gasteiger charge is -2.02. The van der Waals surface area contributed by atoms with E-state index in [4.69, 9.17) is 0 Å². The van der Waals surface area contributed by atoms with Crippen molar-refractivity contribution in [3.05, 3.63) is 18.5 Å². The Balaban J connectivity index is 2.73. The third-order valence-corrected chi connectivity index (χ3v) is 2.18. The van der Waals surface area contributed by atoms with Crippen molar-refractivity contribution in [2.75, 3.05) is 12.4 Å². The number of aromatic amines is 1. The number of H-pyrrole nitrogens is 1. The summed E-state index contributed by atoms with van der Waals surface area (Å²) in [6.07, 6.45) is 1.68. The van der Waals surface area contributed by atoms with E-state index in [1.807, 2.05) is 19.2 Å². The Morgan fingerprint density at radius 3 is 3.08 bits per heavy atom. The fourth-order valence-corrected chi connectivity index (χ4v) is 1.47. The lowest BCUT2D eigenvalue weighted by Crippen LogP contribution is -1.89. The van der Waals surface area contributed by atoms with Crippen molar-refractivity contribution in [1.82, 2.24) is 9.97 Å². The van der Waals surface area contributed by atoms with Crippen molar-refractivity contribution in [3.63, 3.8) is 0 Å². The third kappa shape index (κ3) is 1.04. The van der Waals surface area contributed by atoms with Crippen LogP contribution in [0.5, 0.6) is 0 Å². The van der Waals surface area contributed by atoms with Crippen LogP contribution in [0.3, 0.4) is 0 Å². The average molecular weight is 179 g/mol. The fourth-order valence-electron chi connectivity index (χ4n) is 1.17. The summed E-state index contributed by atoms with van der Waals surface area (Å²) in [6, 6.07) is 3.92. The zero-order valence-corrected chi connectivity index (χ0v) is 7.52. The number of anilines is 1. The summed E-state index contributed by atoms with van der Waals surface area (Å²) in [5, 5.41) is 3.05. The second kappa shape index (κ2) is 2.71. The van der Waals surface area contributed by atoms with Crippen molar-refractivity contribution < 1.29 is 0 Å². The van der Waals surface area contributed by atoms with Crippen LogP contribution in [0.2, 0.25) is 0 Å². The van der Waals surface area contributed by atoms with Gasteiger partial charge in [-0.1, -0.05) is 0 Å². The van der Waals surface area contributed by atoms with Gasteiger partial charge in [0.2, 0.25) is 0 Å². The van der Waals surface area contributed by atoms with Gasteiger partial charge in [-0.05, 0) is 12.1 Å². The van der Waals surface area contributed by atoms with Gasteiger partial charge < -0.3 is 10.3 Å². The minimum absolute atomic E-state index is 0.914. The zero-order chi connectivity index (χ0) is 8.55. The number of hydrogen-bond acceptors (Lipinski definition) is 3. The maximum Gasteiger partial charge on any atom is 0.0931 e. The molecule has 0 aliphatic heterocycles. The molecule has 0 bridgehead atoms. The molecular formula is C8H9N3S. The first kappa shape index (κ1) is 7.49. The number of nitrogens with one attached hydrogen (secondary N) is 2. The normalized spacial score (nSPS) is 10.5. The van der Waals surface area contributed by atoms with Gasteiger partial charge in [0.05, 0.1) is 17.4 Å². The molecule has 4 heteroatoms. The summed E-state index contributed by atoms with van der Waals surface area (Å²) in [6.45, 7) is 0. The van der Waals surface area contributed by atoms with Crippen LogP contribution in [0.1, 0.15) is 0 Å². The number of aromatic nitrogens is 2. The number of imidazole rings is 1. The summed E-state index contributed by atoms with van der Waals surface area (Å²) in [7, 11) is 1.87. The van der Waals surface area contributed by atoms with E-state index < -0.39 is 0 Å². The molecule has 0 fully saturated rings. The molecule has 0 atom stereocenters. The molecule has 2 aromatic rings. The number of thiol groups is 1. The van der Waals surface area contributed by atoms with E-state index in [0.717, 1.165) is 21.6 Å². The van der Waals surface area contributed by atoms with Gasteiger partial charge in [0, 0.05) is 17.6 Å². The summed E-state index contributed by atoms with van der Waals surface area (Å²) in [5.74, 6) is 0. The van der Waals surface area contributed by atoms with Gasteiger partial charge in [-0.25, -0.2) is 4.98 Å². The molecule has 0 saturated heterocycles. The molecule has 1 heterocycles. The average Bonchev–Trinajstić information content (AvgIpc) is 2.49. The predicted octanol–water partition coefficient (Wildman–Crippen LogP) is 1.89. The van der Waals surface area contributed by atoms with E-state index in [1.165, 1.54) is 0 Å². The monoisotopic (exact) mass is 179 g/mol. The van der Waals surface area contributed by atoms with E-state index in [1.54, 1.807) is 6.33 Å². The van der Waals surface area contributed by atoms with Gasteiger partial charge in [-0.2, -0.15) is 0 Å². The maximum atomic E-state index is 4.31. The Kier molecular flexibility index (Phi) is 1.69. The van der Waals surface area contributed by atoms with Crippen LogP contribution in [-0.4, -0.2) is 17.0 Å². The lowest BCUT2D eigenvalue weighted by atomic mass is 10.3. The first-order valence-electron chi connectivity index (χ1n) is 3.65. The second-order valence-electron chi connectivity index (χ2n) is 2.54. The molecular weight excluding hydrogens is 170 g/mol. The highest BCUT2D eigenvalue weighted by Crippen LogP contribution is 2.23. The summed E-state index contributed by atoms with van der Waals surface area (Å²) >= 11 is 4.31. The standard InChI is InChI=1S/C8H9N3S/c1-9-7-2-5-6(3-8(7)12)11-4-10-5/h2-4,9,12H,1H3,(H,10,11). The van der Waals surface area contributed by atoms with Gasteiger partial charge in [0.1, 0.15) is 0 Å². The predicted molar refractivity (Wildman–Crippen MR) is 52.9 cm³/mol. The van der Waals surface area contributed by atoms with Gasteiger partial charge >= 0.3 is 0 Å². The fraction of sp³-hybridized carbons (Fsp3) is 0.125. The molecule has 0 aliphatic carbocycles. The number of benzene rings is 1. The molecule has 0 spiro atoms. The third-order valence-electron chi connectivity index (χ3n) is 1.81. The van der Waals surface area contributed by atoms with Gasteiger partial charge in [0.25, 0.3) is 0 Å². The quantitative estimate of drug-likeness (QED) is 0.585. The van der Waals surface area contributed by atoms with E-state index in [9.17, 15) is 0 Å². The van der Waals surface area contributed by atoms with Crippen LogP contribution in [0, 0.1) is 0 Å².